The first-order chi connectivity index (χ1) is 26.0. The second kappa shape index (κ2) is 17.9. The molecule has 0 unspecified atom stereocenters. The molecule has 3 aromatic rings. The first-order valence-corrected chi connectivity index (χ1v) is 19.4. The Bertz CT molecular complexity index is 1710. The molecule has 0 bridgehead atoms. The standard InChI is InChI=1S/C43H56N4O7/c1-43(2,3)46-39(49)37-22-21-30-13-8-9-16-36(30)47(37)26-34-25-38(31-19-17-29(27-48)18-20-31)54-41(53-34)32-14-10-15-33(24-32)44-42(51)45-35(40(50)52-4)23-28-11-6-5-7-12-28/h5-7,10-12,14-15,17-20,24,30,34-38,41,48H,8-9,13,16,21-23,25-27H2,1-4H3,(H,46,49)(H2,44,45,51)/t30-,34-,35+,36-,37-,38+,41+/m1/s1. The molecular weight excluding hydrogens is 684 g/mol. The van der Waals surface area contributed by atoms with Gasteiger partial charge >= 0.3 is 12.0 Å². The summed E-state index contributed by atoms with van der Waals surface area (Å²) >= 11 is 0. The summed E-state index contributed by atoms with van der Waals surface area (Å²) in [7, 11) is 1.30. The number of benzene rings is 3. The number of piperidine rings is 1. The first-order valence-electron chi connectivity index (χ1n) is 19.4. The second-order valence-corrected chi connectivity index (χ2v) is 16.0. The Morgan fingerprint density at radius 2 is 1.65 bits per heavy atom. The van der Waals surface area contributed by atoms with Crippen molar-refractivity contribution in [2.75, 3.05) is 19.0 Å². The Hall–Kier alpha value is -4.29. The molecule has 0 aromatic heterocycles. The van der Waals surface area contributed by atoms with Gasteiger partial charge in [0.05, 0.1) is 32.0 Å². The molecule has 3 fully saturated rings. The van der Waals surface area contributed by atoms with Gasteiger partial charge in [-0.15, -0.1) is 0 Å². The molecule has 290 valence electrons. The molecule has 0 spiro atoms. The van der Waals surface area contributed by atoms with Crippen LogP contribution < -0.4 is 16.0 Å². The van der Waals surface area contributed by atoms with Crippen LogP contribution in [0.1, 0.15) is 100 Å². The quantitative estimate of drug-likeness (QED) is 0.162. The number of ether oxygens (including phenoxy) is 3. The lowest BCUT2D eigenvalue weighted by Gasteiger charge is -2.50. The van der Waals surface area contributed by atoms with Gasteiger partial charge < -0.3 is 35.3 Å². The Kier molecular flexibility index (Phi) is 13.1. The van der Waals surface area contributed by atoms with Crippen LogP contribution in [-0.4, -0.2) is 71.3 Å². The van der Waals surface area contributed by atoms with Crippen molar-refractivity contribution < 1.29 is 33.7 Å². The van der Waals surface area contributed by atoms with E-state index in [0.29, 0.717) is 30.6 Å². The number of methoxy groups -OCH3 is 1. The maximum absolute atomic E-state index is 13.8. The lowest BCUT2D eigenvalue weighted by atomic mass is 9.75. The van der Waals surface area contributed by atoms with E-state index in [9.17, 15) is 19.5 Å². The third-order valence-electron chi connectivity index (χ3n) is 10.8. The van der Waals surface area contributed by atoms with Crippen LogP contribution in [0.5, 0.6) is 0 Å². The molecule has 2 heterocycles. The Morgan fingerprint density at radius 1 is 0.889 bits per heavy atom. The summed E-state index contributed by atoms with van der Waals surface area (Å²) in [6.07, 6.45) is 6.07. The minimum Gasteiger partial charge on any atom is -0.467 e. The number of hydrogen-bond acceptors (Lipinski definition) is 8. The molecule has 7 atom stereocenters. The van der Waals surface area contributed by atoms with Crippen molar-refractivity contribution in [3.8, 4) is 0 Å². The van der Waals surface area contributed by atoms with E-state index in [-0.39, 0.29) is 42.7 Å². The largest absolute Gasteiger partial charge is 0.467 e. The van der Waals surface area contributed by atoms with Gasteiger partial charge in [0.2, 0.25) is 5.91 Å². The van der Waals surface area contributed by atoms with E-state index in [0.717, 1.165) is 47.9 Å². The highest BCUT2D eigenvalue weighted by atomic mass is 16.7. The summed E-state index contributed by atoms with van der Waals surface area (Å²) in [6, 6.07) is 23.2. The van der Waals surface area contributed by atoms with Gasteiger partial charge in [0.1, 0.15) is 6.04 Å². The SMILES string of the molecule is COC(=O)[C@H](Cc1ccccc1)NC(=O)Nc1cccc([C@H]2O[C@@H](CN3[C@@H](C(=O)NC(C)(C)C)CC[C@H]4CCCC[C@H]43)C[C@@H](c3ccc(CO)cc3)O2)c1. The molecule has 3 amide bonds. The van der Waals surface area contributed by atoms with E-state index >= 15 is 0 Å². The van der Waals surface area contributed by atoms with E-state index in [1.807, 2.05) is 93.6 Å². The highest BCUT2D eigenvalue weighted by Crippen LogP contribution is 2.42. The minimum atomic E-state index is -0.878. The highest BCUT2D eigenvalue weighted by Gasteiger charge is 2.44. The maximum atomic E-state index is 13.8. The summed E-state index contributed by atoms with van der Waals surface area (Å²) in [5, 5.41) is 18.6. The molecule has 1 saturated carbocycles. The fourth-order valence-corrected chi connectivity index (χ4v) is 8.27. The molecular formula is C43H56N4O7. The monoisotopic (exact) mass is 740 g/mol. The average Bonchev–Trinajstić information content (AvgIpc) is 3.17. The van der Waals surface area contributed by atoms with Crippen LogP contribution in [-0.2, 0) is 36.8 Å². The van der Waals surface area contributed by atoms with Crippen LogP contribution in [0.25, 0.3) is 0 Å². The van der Waals surface area contributed by atoms with Gasteiger partial charge in [-0.05, 0) is 81.2 Å². The lowest BCUT2D eigenvalue weighted by molar-refractivity contribution is -0.255. The summed E-state index contributed by atoms with van der Waals surface area (Å²) in [5.41, 5.74) is 3.57. The smallest absolute Gasteiger partial charge is 0.328 e. The van der Waals surface area contributed by atoms with Crippen LogP contribution in [0.2, 0.25) is 0 Å². The first kappa shape index (κ1) is 39.4. The van der Waals surface area contributed by atoms with E-state index in [1.54, 1.807) is 6.07 Å². The molecule has 0 radical (unpaired) electrons. The van der Waals surface area contributed by atoms with Crippen LogP contribution in [0.3, 0.4) is 0 Å². The number of amides is 3. The van der Waals surface area contributed by atoms with Crippen molar-refractivity contribution >= 4 is 23.6 Å². The second-order valence-electron chi connectivity index (χ2n) is 16.0. The summed E-state index contributed by atoms with van der Waals surface area (Å²) in [5.74, 6) is 0.0963. The molecule has 54 heavy (non-hydrogen) atoms. The van der Waals surface area contributed by atoms with E-state index in [1.165, 1.54) is 20.0 Å². The Morgan fingerprint density at radius 3 is 2.37 bits per heavy atom. The fourth-order valence-electron chi connectivity index (χ4n) is 8.27. The van der Waals surface area contributed by atoms with E-state index < -0.39 is 24.3 Å². The lowest BCUT2D eigenvalue weighted by Crippen LogP contribution is -2.61. The van der Waals surface area contributed by atoms with Crippen LogP contribution in [0, 0.1) is 5.92 Å². The van der Waals surface area contributed by atoms with Crippen molar-refractivity contribution in [3.05, 3.63) is 101 Å². The third-order valence-corrected chi connectivity index (χ3v) is 10.8. The van der Waals surface area contributed by atoms with Crippen molar-refractivity contribution in [2.24, 2.45) is 5.92 Å². The van der Waals surface area contributed by atoms with Gasteiger partial charge in [-0.1, -0.05) is 79.6 Å². The van der Waals surface area contributed by atoms with Gasteiger partial charge in [-0.2, -0.15) is 0 Å². The third kappa shape index (κ3) is 10.3. The van der Waals surface area contributed by atoms with Gasteiger partial charge in [-0.25, -0.2) is 9.59 Å². The van der Waals surface area contributed by atoms with Gasteiger partial charge in [-0.3, -0.25) is 9.69 Å². The molecule has 6 rings (SSSR count). The molecule has 11 nitrogen and oxygen atoms in total. The number of nitrogens with one attached hydrogen (secondary N) is 3. The van der Waals surface area contributed by atoms with Crippen LogP contribution in [0.4, 0.5) is 10.5 Å². The summed E-state index contributed by atoms with van der Waals surface area (Å²) in [6.45, 7) is 6.61. The van der Waals surface area contributed by atoms with Gasteiger partial charge in [0, 0.05) is 42.2 Å². The number of nitrogens with zero attached hydrogens (tertiary/aromatic N) is 1. The topological polar surface area (TPSA) is 138 Å². The zero-order valence-electron chi connectivity index (χ0n) is 32.0. The predicted molar refractivity (Wildman–Crippen MR) is 206 cm³/mol. The van der Waals surface area contributed by atoms with Gasteiger partial charge in [0.25, 0.3) is 0 Å². The predicted octanol–water partition coefficient (Wildman–Crippen LogP) is 6.57. The van der Waals surface area contributed by atoms with Crippen molar-refractivity contribution in [1.29, 1.82) is 0 Å². The highest BCUT2D eigenvalue weighted by molar-refractivity contribution is 5.92. The number of rotatable bonds is 11. The van der Waals surface area contributed by atoms with Crippen LogP contribution >= 0.6 is 0 Å². The summed E-state index contributed by atoms with van der Waals surface area (Å²) < 4.78 is 18.4. The average molecular weight is 741 g/mol. The molecule has 11 heteroatoms. The number of likely N-dealkylation sites (tertiary alicyclic amines) is 1. The number of hydrogen-bond donors (Lipinski definition) is 4. The van der Waals surface area contributed by atoms with E-state index in [4.69, 9.17) is 14.2 Å². The molecule has 3 aliphatic rings. The Balaban J connectivity index is 1.22. The number of carbonyl (C=O) groups is 3. The Labute approximate surface area is 319 Å². The maximum Gasteiger partial charge on any atom is 0.328 e. The van der Waals surface area contributed by atoms with Crippen molar-refractivity contribution in [3.63, 3.8) is 0 Å². The normalized spacial score (nSPS) is 25.1. The minimum absolute atomic E-state index is 0.0459. The van der Waals surface area contributed by atoms with Gasteiger partial charge in [0.15, 0.2) is 6.29 Å². The zero-order chi connectivity index (χ0) is 38.2. The van der Waals surface area contributed by atoms with Crippen molar-refractivity contribution in [2.45, 2.75) is 121 Å². The molecule has 1 aliphatic carbocycles. The number of fused-ring (bicyclic) bond motifs is 1. The molecule has 2 saturated heterocycles. The number of urea groups is 1. The molecule has 2 aliphatic heterocycles. The molecule has 3 aromatic carbocycles. The number of aliphatic hydroxyl groups excluding tert-OH is 1. The van der Waals surface area contributed by atoms with E-state index in [2.05, 4.69) is 20.9 Å². The number of aliphatic hydroxyl groups is 1. The zero-order valence-corrected chi connectivity index (χ0v) is 32.0. The number of esters is 1. The molecule has 4 N–H and O–H groups in total. The number of carbonyl (C=O) groups excluding carboxylic acids is 3. The van der Waals surface area contributed by atoms with Crippen molar-refractivity contribution in [1.82, 2.24) is 15.5 Å². The number of anilines is 1. The van der Waals surface area contributed by atoms with Crippen LogP contribution in [0.15, 0.2) is 78.9 Å². The fraction of sp³-hybridized carbons (Fsp3) is 0.512. The summed E-state index contributed by atoms with van der Waals surface area (Å²) in [4.78, 5) is 42.0.